The van der Waals surface area contributed by atoms with Gasteiger partial charge in [0.15, 0.2) is 5.03 Å². The Morgan fingerprint density at radius 2 is 2.35 bits per heavy atom. The highest BCUT2D eigenvalue weighted by Gasteiger charge is 2.24. The van der Waals surface area contributed by atoms with Gasteiger partial charge in [-0.25, -0.2) is 9.97 Å². The van der Waals surface area contributed by atoms with E-state index in [4.69, 9.17) is 5.11 Å². The number of hydrogen-bond donors (Lipinski definition) is 2. The topological polar surface area (TPSA) is 101 Å². The third-order valence-corrected chi connectivity index (χ3v) is 2.96. The molecule has 0 bridgehead atoms. The van der Waals surface area contributed by atoms with Gasteiger partial charge in [0.25, 0.3) is 0 Å². The zero-order valence-electron chi connectivity index (χ0n) is 9.58. The maximum atomic E-state index is 11.0. The second-order valence-corrected chi connectivity index (χ2v) is 4.70. The molecule has 0 saturated heterocycles. The van der Waals surface area contributed by atoms with Gasteiger partial charge in [-0.2, -0.15) is 0 Å². The first kappa shape index (κ1) is 13.7. The van der Waals surface area contributed by atoms with Crippen molar-refractivity contribution in [2.45, 2.75) is 24.1 Å². The van der Waals surface area contributed by atoms with Crippen LogP contribution in [-0.2, 0) is 0 Å². The molecule has 1 rings (SSSR count). The molecule has 1 heterocycles. The van der Waals surface area contributed by atoms with Gasteiger partial charge >= 0.3 is 5.69 Å². The molecule has 0 aliphatic rings. The predicted octanol–water partition coefficient (Wildman–Crippen LogP) is 1.29. The number of nitrogens with one attached hydrogen (secondary N) is 1. The number of thioether (sulfide) groups is 1. The summed E-state index contributed by atoms with van der Waals surface area (Å²) in [4.78, 5) is 18.2. The van der Waals surface area contributed by atoms with Gasteiger partial charge in [0, 0.05) is 11.8 Å². The van der Waals surface area contributed by atoms with Gasteiger partial charge in [0.2, 0.25) is 5.82 Å². The smallest absolute Gasteiger partial charge is 0.343 e. The average Bonchev–Trinajstić information content (AvgIpc) is 2.29. The van der Waals surface area contributed by atoms with Crippen LogP contribution in [0.1, 0.15) is 13.8 Å². The molecule has 0 aromatic carbocycles. The molecule has 94 valence electrons. The minimum atomic E-state index is -0.510. The van der Waals surface area contributed by atoms with Crippen molar-refractivity contribution >= 4 is 23.3 Å². The third-order valence-electron chi connectivity index (χ3n) is 1.89. The summed E-state index contributed by atoms with van der Waals surface area (Å²) >= 11 is 1.16. The van der Waals surface area contributed by atoms with Crippen molar-refractivity contribution in [1.82, 2.24) is 9.97 Å². The molecule has 1 aromatic rings. The number of rotatable bonds is 6. The summed E-state index contributed by atoms with van der Waals surface area (Å²) in [5.41, 5.74) is -0.139. The van der Waals surface area contributed by atoms with Crippen LogP contribution in [0.25, 0.3) is 0 Å². The van der Waals surface area contributed by atoms with Gasteiger partial charge < -0.3 is 10.4 Å². The molecule has 8 heteroatoms. The van der Waals surface area contributed by atoms with Crippen molar-refractivity contribution in [2.75, 3.05) is 18.5 Å². The fourth-order valence-electron chi connectivity index (χ4n) is 1.14. The molecule has 0 amide bonds. The van der Waals surface area contributed by atoms with Crippen molar-refractivity contribution in [3.8, 4) is 0 Å². The quantitative estimate of drug-likeness (QED) is 0.343. The normalized spacial score (nSPS) is 12.2. The molecule has 7 nitrogen and oxygen atoms in total. The van der Waals surface area contributed by atoms with Crippen LogP contribution in [0.5, 0.6) is 0 Å². The van der Waals surface area contributed by atoms with Gasteiger partial charge in [-0.15, -0.1) is 0 Å². The number of aliphatic hydroxyl groups is 1. The summed E-state index contributed by atoms with van der Waals surface area (Å²) in [7, 11) is 0. The number of nitrogens with zero attached hydrogens (tertiary/aromatic N) is 3. The third kappa shape index (κ3) is 3.53. The molecule has 1 atom stereocenters. The van der Waals surface area contributed by atoms with Crippen molar-refractivity contribution in [3.63, 3.8) is 0 Å². The van der Waals surface area contributed by atoms with Gasteiger partial charge in [0.05, 0.1) is 11.5 Å². The highest BCUT2D eigenvalue weighted by Crippen LogP contribution is 2.34. The van der Waals surface area contributed by atoms with E-state index in [9.17, 15) is 10.1 Å². The number of anilines is 1. The standard InChI is InChI=1S/C9H14N4O3S/c1-3-10-8-7(13(15)16)9(12-5-11-8)17-6(2)4-14/h5-6,14H,3-4H2,1-2H3,(H,10,11,12). The van der Waals surface area contributed by atoms with E-state index in [0.717, 1.165) is 11.8 Å². The molecule has 0 aliphatic heterocycles. The zero-order chi connectivity index (χ0) is 12.8. The first-order valence-electron chi connectivity index (χ1n) is 5.10. The van der Waals surface area contributed by atoms with Gasteiger partial charge in [-0.05, 0) is 6.92 Å². The summed E-state index contributed by atoms with van der Waals surface area (Å²) < 4.78 is 0. The first-order chi connectivity index (χ1) is 8.10. The molecule has 2 N–H and O–H groups in total. The Morgan fingerprint density at radius 1 is 1.65 bits per heavy atom. The molecular formula is C9H14N4O3S. The van der Waals surface area contributed by atoms with Crippen LogP contribution in [-0.4, -0.2) is 38.4 Å². The highest BCUT2D eigenvalue weighted by atomic mass is 32.2. The van der Waals surface area contributed by atoms with E-state index >= 15 is 0 Å². The zero-order valence-corrected chi connectivity index (χ0v) is 10.4. The first-order valence-corrected chi connectivity index (χ1v) is 5.98. The van der Waals surface area contributed by atoms with Crippen LogP contribution in [0.2, 0.25) is 0 Å². The maximum absolute atomic E-state index is 11.0. The lowest BCUT2D eigenvalue weighted by molar-refractivity contribution is -0.387. The van der Waals surface area contributed by atoms with E-state index in [1.807, 2.05) is 6.92 Å². The van der Waals surface area contributed by atoms with Crippen molar-refractivity contribution in [2.24, 2.45) is 0 Å². The Balaban J connectivity index is 3.10. The minimum Gasteiger partial charge on any atom is -0.395 e. The van der Waals surface area contributed by atoms with Crippen LogP contribution in [0.15, 0.2) is 11.4 Å². The van der Waals surface area contributed by atoms with Crippen LogP contribution in [0.3, 0.4) is 0 Å². The second-order valence-electron chi connectivity index (χ2n) is 3.27. The molecular weight excluding hydrogens is 244 g/mol. The number of aliphatic hydroxyl groups excluding tert-OH is 1. The van der Waals surface area contributed by atoms with E-state index in [0.29, 0.717) is 6.54 Å². The van der Waals surface area contributed by atoms with E-state index in [1.54, 1.807) is 6.92 Å². The molecule has 17 heavy (non-hydrogen) atoms. The van der Waals surface area contributed by atoms with Crippen LogP contribution < -0.4 is 5.32 Å². The van der Waals surface area contributed by atoms with E-state index in [2.05, 4.69) is 15.3 Å². The molecule has 0 radical (unpaired) electrons. The SMILES string of the molecule is CCNc1ncnc(SC(C)CO)c1[N+](=O)[O-]. The van der Waals surface area contributed by atoms with E-state index in [-0.39, 0.29) is 28.4 Å². The fraction of sp³-hybridized carbons (Fsp3) is 0.556. The maximum Gasteiger partial charge on any atom is 0.343 e. The monoisotopic (exact) mass is 258 g/mol. The van der Waals surface area contributed by atoms with Crippen LogP contribution >= 0.6 is 11.8 Å². The average molecular weight is 258 g/mol. The summed E-state index contributed by atoms with van der Waals surface area (Å²) in [5.74, 6) is 0.208. The van der Waals surface area contributed by atoms with Crippen molar-refractivity contribution < 1.29 is 10.0 Å². The predicted molar refractivity (Wildman–Crippen MR) is 65.3 cm³/mol. The van der Waals surface area contributed by atoms with Crippen molar-refractivity contribution in [3.05, 3.63) is 16.4 Å². The molecule has 0 spiro atoms. The molecule has 0 fully saturated rings. The van der Waals surface area contributed by atoms with Crippen LogP contribution in [0.4, 0.5) is 11.5 Å². The van der Waals surface area contributed by atoms with Gasteiger partial charge in [-0.3, -0.25) is 10.1 Å². The Kier molecular flexibility index (Phi) is 5.11. The number of aromatic nitrogens is 2. The molecule has 1 unspecified atom stereocenters. The molecule has 1 aromatic heterocycles. The fourth-order valence-corrected chi connectivity index (χ4v) is 1.98. The van der Waals surface area contributed by atoms with E-state index < -0.39 is 4.92 Å². The Labute approximate surface area is 103 Å². The molecule has 0 aliphatic carbocycles. The van der Waals surface area contributed by atoms with Gasteiger partial charge in [-0.1, -0.05) is 18.7 Å². The largest absolute Gasteiger partial charge is 0.395 e. The Morgan fingerprint density at radius 3 is 2.88 bits per heavy atom. The summed E-state index contributed by atoms with van der Waals surface area (Å²) in [5, 5.41) is 22.9. The Bertz CT molecular complexity index is 402. The van der Waals surface area contributed by atoms with E-state index in [1.165, 1.54) is 6.33 Å². The lowest BCUT2D eigenvalue weighted by Crippen LogP contribution is -2.08. The summed E-state index contributed by atoms with van der Waals surface area (Å²) in [6.45, 7) is 4.07. The number of nitro groups is 1. The molecule has 0 saturated carbocycles. The number of hydrogen-bond acceptors (Lipinski definition) is 7. The summed E-state index contributed by atoms with van der Waals surface area (Å²) in [6, 6.07) is 0. The highest BCUT2D eigenvalue weighted by molar-refractivity contribution is 8.00. The van der Waals surface area contributed by atoms with Crippen LogP contribution in [0, 0.1) is 10.1 Å². The van der Waals surface area contributed by atoms with Gasteiger partial charge in [0.1, 0.15) is 6.33 Å². The minimum absolute atomic E-state index is 0.0671. The Hall–Kier alpha value is -1.41. The van der Waals surface area contributed by atoms with Crippen molar-refractivity contribution in [1.29, 1.82) is 0 Å². The lowest BCUT2D eigenvalue weighted by Gasteiger charge is -2.09. The lowest BCUT2D eigenvalue weighted by atomic mass is 10.4. The summed E-state index contributed by atoms with van der Waals surface area (Å²) in [6.07, 6.45) is 1.28. The second kappa shape index (κ2) is 6.36.